The van der Waals surface area contributed by atoms with Crippen molar-refractivity contribution in [3.63, 3.8) is 0 Å². The predicted octanol–water partition coefficient (Wildman–Crippen LogP) is -0.132. The molecular weight excluding hydrogens is 294 g/mol. The van der Waals surface area contributed by atoms with Crippen LogP contribution in [-0.4, -0.2) is 37.1 Å². The molecule has 0 aromatic carbocycles. The minimum absolute atomic E-state index is 0.166. The molecular formula is C12H16N5O3S+. The van der Waals surface area contributed by atoms with Crippen molar-refractivity contribution in [3.05, 3.63) is 36.9 Å². The molecule has 0 amide bonds. The molecule has 1 unspecified atom stereocenters. The second-order valence-corrected chi connectivity index (χ2v) is 5.82. The molecule has 0 aliphatic carbocycles. The fourth-order valence-corrected chi connectivity index (χ4v) is 2.15. The Kier molecular flexibility index (Phi) is 4.89. The first-order chi connectivity index (χ1) is 10.0. The van der Waals surface area contributed by atoms with E-state index in [0.717, 1.165) is 12.7 Å². The first kappa shape index (κ1) is 15.4. The Balaban J connectivity index is 2.05. The molecule has 0 aliphatic heterocycles. The summed E-state index contributed by atoms with van der Waals surface area (Å²) in [5.41, 5.74) is 0.788. The minimum Gasteiger partial charge on any atom is -0.261 e. The van der Waals surface area contributed by atoms with E-state index in [1.54, 1.807) is 35.5 Å². The topological polar surface area (TPSA) is 98.0 Å². The molecule has 0 saturated carbocycles. The number of aromatic nitrogens is 4. The molecule has 0 fully saturated rings. The van der Waals surface area contributed by atoms with Crippen LogP contribution in [0, 0.1) is 0 Å². The van der Waals surface area contributed by atoms with Crippen LogP contribution < -0.4 is 9.40 Å². The van der Waals surface area contributed by atoms with Crippen molar-refractivity contribution in [2.75, 3.05) is 13.7 Å². The molecule has 0 spiro atoms. The standard InChI is InChI=1S/C12H16N5O3S/c1-10(8-16-21(18,19)20-2)17-7-4-11(9-15-17)12-13-5-3-6-14-12/h3-7,9-10,16H,8H2,1-2H3/q+1. The summed E-state index contributed by atoms with van der Waals surface area (Å²) in [5, 5.41) is 4.24. The van der Waals surface area contributed by atoms with Gasteiger partial charge < -0.3 is 0 Å². The van der Waals surface area contributed by atoms with Crippen LogP contribution >= 0.6 is 0 Å². The minimum atomic E-state index is -3.68. The summed E-state index contributed by atoms with van der Waals surface area (Å²) < 4.78 is 30.7. The molecule has 21 heavy (non-hydrogen) atoms. The quantitative estimate of drug-likeness (QED) is 0.746. The predicted molar refractivity (Wildman–Crippen MR) is 74.1 cm³/mol. The van der Waals surface area contributed by atoms with E-state index in [9.17, 15) is 8.42 Å². The lowest BCUT2D eigenvalue weighted by Crippen LogP contribution is -2.46. The van der Waals surface area contributed by atoms with Gasteiger partial charge in [-0.2, -0.15) is 13.1 Å². The largest absolute Gasteiger partial charge is 0.335 e. The molecule has 112 valence electrons. The van der Waals surface area contributed by atoms with Gasteiger partial charge in [-0.1, -0.05) is 4.68 Å². The maximum Gasteiger partial charge on any atom is 0.335 e. The number of rotatable bonds is 6. The molecule has 1 N–H and O–H groups in total. The normalized spacial score (nSPS) is 13.0. The molecule has 0 saturated heterocycles. The lowest BCUT2D eigenvalue weighted by molar-refractivity contribution is -0.772. The van der Waals surface area contributed by atoms with E-state index in [1.165, 1.54) is 0 Å². The second-order valence-electron chi connectivity index (χ2n) is 4.29. The Hall–Kier alpha value is -1.97. The fraction of sp³-hybridized carbons (Fsp3) is 0.333. The molecule has 0 bridgehead atoms. The van der Waals surface area contributed by atoms with E-state index < -0.39 is 10.3 Å². The maximum atomic E-state index is 11.2. The molecule has 2 aromatic rings. The number of hydrogen-bond donors (Lipinski definition) is 1. The van der Waals surface area contributed by atoms with Gasteiger partial charge in [-0.25, -0.2) is 9.97 Å². The zero-order chi connectivity index (χ0) is 15.3. The SMILES string of the molecule is COS(=O)(=O)NCC(C)[n+]1ccc(-c2ncccn2)cn1. The average Bonchev–Trinajstić information content (AvgIpc) is 2.54. The van der Waals surface area contributed by atoms with Gasteiger partial charge in [0.15, 0.2) is 18.1 Å². The average molecular weight is 310 g/mol. The van der Waals surface area contributed by atoms with Crippen LogP contribution in [0.25, 0.3) is 11.4 Å². The van der Waals surface area contributed by atoms with Crippen molar-refractivity contribution < 1.29 is 17.3 Å². The highest BCUT2D eigenvalue weighted by atomic mass is 32.2. The van der Waals surface area contributed by atoms with Crippen LogP contribution in [0.4, 0.5) is 0 Å². The third kappa shape index (κ3) is 4.25. The molecule has 2 aromatic heterocycles. The van der Waals surface area contributed by atoms with E-state index in [2.05, 4.69) is 24.0 Å². The van der Waals surface area contributed by atoms with E-state index in [4.69, 9.17) is 0 Å². The Morgan fingerprint density at radius 2 is 2.10 bits per heavy atom. The lowest BCUT2D eigenvalue weighted by atomic mass is 10.3. The van der Waals surface area contributed by atoms with Gasteiger partial charge in [0.05, 0.1) is 13.7 Å². The van der Waals surface area contributed by atoms with Gasteiger partial charge in [0.25, 0.3) is 0 Å². The summed E-state index contributed by atoms with van der Waals surface area (Å²) in [7, 11) is -2.58. The van der Waals surface area contributed by atoms with Crippen molar-refractivity contribution in [2.24, 2.45) is 0 Å². The van der Waals surface area contributed by atoms with Gasteiger partial charge in [0, 0.05) is 30.9 Å². The maximum absolute atomic E-state index is 11.2. The van der Waals surface area contributed by atoms with Gasteiger partial charge >= 0.3 is 10.3 Å². The van der Waals surface area contributed by atoms with E-state index in [-0.39, 0.29) is 12.6 Å². The van der Waals surface area contributed by atoms with E-state index in [0.29, 0.717) is 5.82 Å². The first-order valence-electron chi connectivity index (χ1n) is 6.22. The number of nitrogens with one attached hydrogen (secondary N) is 1. The monoisotopic (exact) mass is 310 g/mol. The van der Waals surface area contributed by atoms with Crippen molar-refractivity contribution in [3.8, 4) is 11.4 Å². The molecule has 8 nitrogen and oxygen atoms in total. The molecule has 2 heterocycles. The third-order valence-electron chi connectivity index (χ3n) is 2.79. The zero-order valence-electron chi connectivity index (χ0n) is 11.7. The highest BCUT2D eigenvalue weighted by Crippen LogP contribution is 2.09. The molecule has 9 heteroatoms. The lowest BCUT2D eigenvalue weighted by Gasteiger charge is -2.06. The van der Waals surface area contributed by atoms with E-state index >= 15 is 0 Å². The summed E-state index contributed by atoms with van der Waals surface area (Å²) in [6, 6.07) is 3.40. The zero-order valence-corrected chi connectivity index (χ0v) is 12.5. The molecule has 0 aliphatic rings. The van der Waals surface area contributed by atoms with Crippen LogP contribution in [0.1, 0.15) is 13.0 Å². The van der Waals surface area contributed by atoms with Gasteiger partial charge in [-0.05, 0) is 11.2 Å². The summed E-state index contributed by atoms with van der Waals surface area (Å²) in [4.78, 5) is 8.27. The van der Waals surface area contributed by atoms with Crippen LogP contribution in [0.15, 0.2) is 36.9 Å². The van der Waals surface area contributed by atoms with Crippen LogP contribution in [0.3, 0.4) is 0 Å². The van der Waals surface area contributed by atoms with Crippen molar-refractivity contribution in [2.45, 2.75) is 13.0 Å². The van der Waals surface area contributed by atoms with Gasteiger partial charge in [-0.15, -0.1) is 0 Å². The molecule has 2 rings (SSSR count). The second kappa shape index (κ2) is 6.66. The smallest absolute Gasteiger partial charge is 0.261 e. The Morgan fingerprint density at radius 3 is 2.67 bits per heavy atom. The Morgan fingerprint density at radius 1 is 1.38 bits per heavy atom. The Labute approximate surface area is 123 Å². The number of hydrogen-bond acceptors (Lipinski definition) is 6. The van der Waals surface area contributed by atoms with Crippen LogP contribution in [0.5, 0.6) is 0 Å². The van der Waals surface area contributed by atoms with Crippen LogP contribution in [-0.2, 0) is 14.5 Å². The first-order valence-corrected chi connectivity index (χ1v) is 7.63. The summed E-state index contributed by atoms with van der Waals surface area (Å²) >= 11 is 0. The highest BCUT2D eigenvalue weighted by molar-refractivity contribution is 7.84. The van der Waals surface area contributed by atoms with Crippen molar-refractivity contribution >= 4 is 10.3 Å². The third-order valence-corrected chi connectivity index (χ3v) is 3.75. The number of nitrogens with zero attached hydrogens (tertiary/aromatic N) is 4. The van der Waals surface area contributed by atoms with Crippen LogP contribution in [0.2, 0.25) is 0 Å². The summed E-state index contributed by atoms with van der Waals surface area (Å²) in [6.07, 6.45) is 6.70. The van der Waals surface area contributed by atoms with E-state index in [1.807, 2.05) is 13.0 Å². The van der Waals surface area contributed by atoms with Crippen molar-refractivity contribution in [1.82, 2.24) is 19.8 Å². The Bertz CT molecular complexity index is 676. The summed E-state index contributed by atoms with van der Waals surface area (Å²) in [5.74, 6) is 0.588. The van der Waals surface area contributed by atoms with Gasteiger partial charge in [0.1, 0.15) is 6.20 Å². The molecule has 0 radical (unpaired) electrons. The fourth-order valence-electron chi connectivity index (χ4n) is 1.58. The van der Waals surface area contributed by atoms with Gasteiger partial charge in [-0.3, -0.25) is 4.18 Å². The van der Waals surface area contributed by atoms with Crippen molar-refractivity contribution in [1.29, 1.82) is 0 Å². The summed E-state index contributed by atoms with van der Waals surface area (Å²) in [6.45, 7) is 2.01. The molecule has 1 atom stereocenters. The van der Waals surface area contributed by atoms with Gasteiger partial charge in [0.2, 0.25) is 0 Å². The highest BCUT2D eigenvalue weighted by Gasteiger charge is 2.18.